The summed E-state index contributed by atoms with van der Waals surface area (Å²) in [4.78, 5) is 17.0. The summed E-state index contributed by atoms with van der Waals surface area (Å²) < 4.78 is 11.1. The van der Waals surface area contributed by atoms with Crippen molar-refractivity contribution in [1.82, 2.24) is 10.2 Å². The smallest absolute Gasteiger partial charge is 0.234 e. The molecule has 0 aromatic heterocycles. The number of ether oxygens (including phenoxy) is 2. The molecule has 1 saturated heterocycles. The predicted octanol–water partition coefficient (Wildman–Crippen LogP) is 3.49. The molecule has 0 saturated carbocycles. The third-order valence-corrected chi connectivity index (χ3v) is 5.67. The molecule has 0 spiro atoms. The standard InChI is InChI=1S/C25H35N3O3/c1-21(22-8-4-3-5-9-22)31-19-6-14-26-25(29)20-27-15-7-16-28(18-17-27)23-10-12-24(30-2)13-11-23/h3-5,8-13,21H,6-7,14-20H2,1-2H3,(H,26,29). The molecule has 1 heterocycles. The lowest BCUT2D eigenvalue weighted by Crippen LogP contribution is -2.39. The fourth-order valence-corrected chi connectivity index (χ4v) is 3.82. The molecule has 2 aromatic rings. The van der Waals surface area contributed by atoms with Gasteiger partial charge in [-0.3, -0.25) is 9.69 Å². The highest BCUT2D eigenvalue weighted by Crippen LogP contribution is 2.20. The van der Waals surface area contributed by atoms with Crippen LogP contribution in [0.1, 0.15) is 31.4 Å². The lowest BCUT2D eigenvalue weighted by atomic mass is 10.1. The van der Waals surface area contributed by atoms with Crippen LogP contribution >= 0.6 is 0 Å². The number of hydrogen-bond acceptors (Lipinski definition) is 5. The minimum absolute atomic E-state index is 0.0719. The first kappa shape index (κ1) is 23.1. The monoisotopic (exact) mass is 425 g/mol. The van der Waals surface area contributed by atoms with Crippen LogP contribution in [0.5, 0.6) is 5.75 Å². The van der Waals surface area contributed by atoms with Gasteiger partial charge in [0.2, 0.25) is 5.91 Å². The molecule has 3 rings (SSSR count). The Hall–Kier alpha value is -2.57. The number of hydrogen-bond donors (Lipinski definition) is 1. The molecule has 168 valence electrons. The fraction of sp³-hybridized carbons (Fsp3) is 0.480. The van der Waals surface area contributed by atoms with Crippen LogP contribution in [0.4, 0.5) is 5.69 Å². The molecule has 0 radical (unpaired) electrons. The minimum atomic E-state index is 0.0719. The number of nitrogens with zero attached hydrogens (tertiary/aromatic N) is 2. The van der Waals surface area contributed by atoms with Crippen LogP contribution in [0.2, 0.25) is 0 Å². The van der Waals surface area contributed by atoms with Gasteiger partial charge in [-0.15, -0.1) is 0 Å². The van der Waals surface area contributed by atoms with E-state index in [9.17, 15) is 4.79 Å². The quantitative estimate of drug-likeness (QED) is 0.591. The van der Waals surface area contributed by atoms with Crippen molar-refractivity contribution in [3.8, 4) is 5.75 Å². The average Bonchev–Trinajstić information content (AvgIpc) is 3.05. The Morgan fingerprint density at radius 1 is 1.03 bits per heavy atom. The molecular formula is C25H35N3O3. The second kappa shape index (κ2) is 12.3. The van der Waals surface area contributed by atoms with Gasteiger partial charge >= 0.3 is 0 Å². The van der Waals surface area contributed by atoms with Crippen molar-refractivity contribution in [1.29, 1.82) is 0 Å². The van der Waals surface area contributed by atoms with Crippen LogP contribution in [0.15, 0.2) is 54.6 Å². The second-order valence-corrected chi connectivity index (χ2v) is 7.94. The van der Waals surface area contributed by atoms with Crippen molar-refractivity contribution in [2.24, 2.45) is 0 Å². The average molecular weight is 426 g/mol. The van der Waals surface area contributed by atoms with Crippen LogP contribution in [-0.4, -0.2) is 63.8 Å². The van der Waals surface area contributed by atoms with E-state index in [1.165, 1.54) is 11.3 Å². The molecule has 1 aliphatic heterocycles. The van der Waals surface area contributed by atoms with Crippen molar-refractivity contribution in [2.45, 2.75) is 25.9 Å². The topological polar surface area (TPSA) is 54.0 Å². The number of amides is 1. The van der Waals surface area contributed by atoms with E-state index in [1.54, 1.807) is 7.11 Å². The largest absolute Gasteiger partial charge is 0.497 e. The maximum absolute atomic E-state index is 12.3. The van der Waals surface area contributed by atoms with Crippen molar-refractivity contribution >= 4 is 11.6 Å². The number of benzene rings is 2. The zero-order chi connectivity index (χ0) is 21.9. The van der Waals surface area contributed by atoms with E-state index >= 15 is 0 Å². The lowest BCUT2D eigenvalue weighted by molar-refractivity contribution is -0.122. The molecule has 1 fully saturated rings. The summed E-state index contributed by atoms with van der Waals surface area (Å²) in [5.74, 6) is 0.964. The van der Waals surface area contributed by atoms with E-state index in [2.05, 4.69) is 46.3 Å². The van der Waals surface area contributed by atoms with E-state index in [0.29, 0.717) is 19.7 Å². The summed E-state index contributed by atoms with van der Waals surface area (Å²) in [7, 11) is 1.68. The Morgan fingerprint density at radius 3 is 2.55 bits per heavy atom. The van der Waals surface area contributed by atoms with Gasteiger partial charge in [-0.1, -0.05) is 30.3 Å². The summed E-state index contributed by atoms with van der Waals surface area (Å²) in [6, 6.07) is 18.4. The Bertz CT molecular complexity index is 782. The van der Waals surface area contributed by atoms with Gasteiger partial charge in [-0.2, -0.15) is 0 Å². The van der Waals surface area contributed by atoms with Crippen LogP contribution < -0.4 is 15.0 Å². The molecule has 1 amide bonds. The predicted molar refractivity (Wildman–Crippen MR) is 125 cm³/mol. The third-order valence-electron chi connectivity index (χ3n) is 5.67. The van der Waals surface area contributed by atoms with Gasteiger partial charge < -0.3 is 19.7 Å². The van der Waals surface area contributed by atoms with E-state index < -0.39 is 0 Å². The van der Waals surface area contributed by atoms with Gasteiger partial charge in [0.25, 0.3) is 0 Å². The van der Waals surface area contributed by atoms with Crippen LogP contribution in [0, 0.1) is 0 Å². The molecule has 2 aromatic carbocycles. The third kappa shape index (κ3) is 7.56. The van der Waals surface area contributed by atoms with Gasteiger partial charge in [0.15, 0.2) is 0 Å². The number of methoxy groups -OCH3 is 1. The van der Waals surface area contributed by atoms with Crippen molar-refractivity contribution in [3.05, 3.63) is 60.2 Å². The number of anilines is 1. The minimum Gasteiger partial charge on any atom is -0.497 e. The first-order chi connectivity index (χ1) is 15.2. The summed E-state index contributed by atoms with van der Waals surface area (Å²) in [5, 5.41) is 3.03. The molecule has 1 N–H and O–H groups in total. The summed E-state index contributed by atoms with van der Waals surface area (Å²) in [6.45, 7) is 7.55. The van der Waals surface area contributed by atoms with E-state index in [1.807, 2.05) is 30.3 Å². The molecule has 1 unspecified atom stereocenters. The maximum Gasteiger partial charge on any atom is 0.234 e. The molecule has 6 nitrogen and oxygen atoms in total. The van der Waals surface area contributed by atoms with Crippen molar-refractivity contribution < 1.29 is 14.3 Å². The second-order valence-electron chi connectivity index (χ2n) is 7.94. The van der Waals surface area contributed by atoms with Crippen LogP contribution in [0.3, 0.4) is 0 Å². The van der Waals surface area contributed by atoms with Crippen molar-refractivity contribution in [3.63, 3.8) is 0 Å². The lowest BCUT2D eigenvalue weighted by Gasteiger charge is -2.23. The molecule has 0 bridgehead atoms. The number of nitrogens with one attached hydrogen (secondary N) is 1. The van der Waals surface area contributed by atoms with Gasteiger partial charge in [-0.25, -0.2) is 0 Å². The Balaban J connectivity index is 1.31. The van der Waals surface area contributed by atoms with Gasteiger partial charge in [0.05, 0.1) is 19.8 Å². The van der Waals surface area contributed by atoms with Crippen molar-refractivity contribution in [2.75, 3.05) is 57.9 Å². The maximum atomic E-state index is 12.3. The Labute approximate surface area is 186 Å². The molecule has 31 heavy (non-hydrogen) atoms. The van der Waals surface area contributed by atoms with Gasteiger partial charge in [0.1, 0.15) is 5.75 Å². The van der Waals surface area contributed by atoms with E-state index in [0.717, 1.165) is 44.8 Å². The first-order valence-corrected chi connectivity index (χ1v) is 11.2. The van der Waals surface area contributed by atoms with Gasteiger partial charge in [-0.05, 0) is 49.6 Å². The number of carbonyl (C=O) groups is 1. The normalized spacial score (nSPS) is 15.9. The highest BCUT2D eigenvalue weighted by molar-refractivity contribution is 5.78. The fourth-order valence-electron chi connectivity index (χ4n) is 3.82. The summed E-state index contributed by atoms with van der Waals surface area (Å²) in [6.07, 6.45) is 1.93. The van der Waals surface area contributed by atoms with E-state index in [4.69, 9.17) is 9.47 Å². The van der Waals surface area contributed by atoms with Crippen LogP contribution in [-0.2, 0) is 9.53 Å². The molecule has 0 aliphatic carbocycles. The van der Waals surface area contributed by atoms with Gasteiger partial charge in [0, 0.05) is 45.0 Å². The molecule has 1 atom stereocenters. The molecule has 1 aliphatic rings. The molecular weight excluding hydrogens is 390 g/mol. The SMILES string of the molecule is COc1ccc(N2CCCN(CC(=O)NCCCOC(C)c3ccccc3)CC2)cc1. The highest BCUT2D eigenvalue weighted by atomic mass is 16.5. The zero-order valence-electron chi connectivity index (χ0n) is 18.8. The Kier molecular flexibility index (Phi) is 9.18. The first-order valence-electron chi connectivity index (χ1n) is 11.2. The Morgan fingerprint density at radius 2 is 1.81 bits per heavy atom. The molecule has 6 heteroatoms. The number of rotatable bonds is 10. The van der Waals surface area contributed by atoms with Crippen LogP contribution in [0.25, 0.3) is 0 Å². The van der Waals surface area contributed by atoms with E-state index in [-0.39, 0.29) is 12.0 Å². The summed E-state index contributed by atoms with van der Waals surface area (Å²) in [5.41, 5.74) is 2.38. The zero-order valence-corrected chi connectivity index (χ0v) is 18.8. The highest BCUT2D eigenvalue weighted by Gasteiger charge is 2.17. The number of carbonyl (C=O) groups excluding carboxylic acids is 1. The summed E-state index contributed by atoms with van der Waals surface area (Å²) >= 11 is 0.